The van der Waals surface area contributed by atoms with E-state index < -0.39 is 18.5 Å². The lowest BCUT2D eigenvalue weighted by Crippen LogP contribution is -2.13. The molecule has 2 aromatic heterocycles. The number of anilines is 1. The number of amides is 1. The van der Waals surface area contributed by atoms with E-state index in [1.54, 1.807) is 42.5 Å². The number of hydrogen-bond donors (Lipinski definition) is 2. The zero-order valence-electron chi connectivity index (χ0n) is 16.0. The molecule has 0 radical (unpaired) electrons. The van der Waals surface area contributed by atoms with Crippen LogP contribution in [0.4, 0.5) is 18.9 Å². The van der Waals surface area contributed by atoms with Gasteiger partial charge in [-0.3, -0.25) is 14.3 Å². The first-order valence-corrected chi connectivity index (χ1v) is 9.28. The molecule has 2 aromatic carbocycles. The summed E-state index contributed by atoms with van der Waals surface area (Å²) in [4.78, 5) is 24.3. The summed E-state index contributed by atoms with van der Waals surface area (Å²) in [6, 6.07) is 13.9. The van der Waals surface area contributed by atoms with E-state index in [1.165, 1.54) is 12.4 Å². The molecule has 0 unspecified atom stereocenters. The third kappa shape index (κ3) is 4.63. The van der Waals surface area contributed by atoms with Gasteiger partial charge in [-0.05, 0) is 18.2 Å². The van der Waals surface area contributed by atoms with Gasteiger partial charge in [0.25, 0.3) is 11.5 Å². The predicted molar refractivity (Wildman–Crippen MR) is 109 cm³/mol. The second kappa shape index (κ2) is 8.05. The molecule has 158 valence electrons. The van der Waals surface area contributed by atoms with Gasteiger partial charge in [-0.2, -0.15) is 23.4 Å². The maximum atomic E-state index is 12.4. The summed E-state index contributed by atoms with van der Waals surface area (Å²) in [5.74, 6) is -0.487. The molecule has 0 fully saturated rings. The number of H-pyrrole nitrogens is 1. The monoisotopic (exact) mass is 427 g/mol. The van der Waals surface area contributed by atoms with Gasteiger partial charge in [-0.25, -0.2) is 5.10 Å². The fourth-order valence-electron chi connectivity index (χ4n) is 3.09. The van der Waals surface area contributed by atoms with Crippen LogP contribution < -0.4 is 10.9 Å². The molecule has 10 heteroatoms. The number of carbonyl (C=O) groups is 1. The van der Waals surface area contributed by atoms with Crippen molar-refractivity contribution >= 4 is 22.4 Å². The summed E-state index contributed by atoms with van der Waals surface area (Å²) in [7, 11) is 0. The molecule has 1 amide bonds. The summed E-state index contributed by atoms with van der Waals surface area (Å²) in [6.45, 7) is -0.356. The van der Waals surface area contributed by atoms with E-state index >= 15 is 0 Å². The molecule has 31 heavy (non-hydrogen) atoms. The Kier molecular flexibility index (Phi) is 5.28. The van der Waals surface area contributed by atoms with Gasteiger partial charge >= 0.3 is 6.18 Å². The van der Waals surface area contributed by atoms with Crippen molar-refractivity contribution in [3.8, 4) is 11.3 Å². The van der Waals surface area contributed by atoms with E-state index in [2.05, 4.69) is 20.6 Å². The Morgan fingerprint density at radius 2 is 1.77 bits per heavy atom. The minimum absolute atomic E-state index is 0.152. The zero-order chi connectivity index (χ0) is 22.0. The molecule has 2 heterocycles. The van der Waals surface area contributed by atoms with E-state index in [0.717, 1.165) is 10.2 Å². The highest BCUT2D eigenvalue weighted by Crippen LogP contribution is 2.25. The Hall–Kier alpha value is -3.95. The van der Waals surface area contributed by atoms with E-state index in [4.69, 9.17) is 0 Å². The van der Waals surface area contributed by atoms with Crippen molar-refractivity contribution < 1.29 is 18.0 Å². The Labute approximate surface area is 173 Å². The minimum Gasteiger partial charge on any atom is -0.322 e. The van der Waals surface area contributed by atoms with Crippen LogP contribution in [0.5, 0.6) is 0 Å². The average molecular weight is 427 g/mol. The van der Waals surface area contributed by atoms with Gasteiger partial charge in [-0.15, -0.1) is 0 Å². The van der Waals surface area contributed by atoms with E-state index in [9.17, 15) is 22.8 Å². The second-order valence-corrected chi connectivity index (χ2v) is 6.84. The molecule has 0 atom stereocenters. The summed E-state index contributed by atoms with van der Waals surface area (Å²) < 4.78 is 38.0. The number of halogens is 3. The molecular formula is C21H16F3N5O2. The minimum atomic E-state index is -4.29. The Morgan fingerprint density at radius 1 is 1.06 bits per heavy atom. The van der Waals surface area contributed by atoms with Crippen molar-refractivity contribution in [1.29, 1.82) is 0 Å². The van der Waals surface area contributed by atoms with E-state index in [1.807, 2.05) is 6.07 Å². The molecule has 0 aliphatic rings. The van der Waals surface area contributed by atoms with Gasteiger partial charge in [-0.1, -0.05) is 30.3 Å². The standard InChI is InChI=1S/C21H16F3N5O2/c22-21(23,24)9-10-29-12-14(11-25-29)19(30)26-15-7-5-13(6-8-15)18-16-3-1-2-4-17(16)20(31)28-27-18/h1-8,11-12H,9-10H2,(H,26,30)(H,28,31). The molecular weight excluding hydrogens is 411 g/mol. The third-order valence-electron chi connectivity index (χ3n) is 4.63. The molecule has 4 rings (SSSR count). The van der Waals surface area contributed by atoms with Gasteiger partial charge in [0, 0.05) is 29.4 Å². The lowest BCUT2D eigenvalue weighted by atomic mass is 10.0. The summed E-state index contributed by atoms with van der Waals surface area (Å²) in [5, 5.41) is 14.3. The first-order valence-electron chi connectivity index (χ1n) is 9.28. The quantitative estimate of drug-likeness (QED) is 0.504. The molecule has 0 saturated carbocycles. The highest BCUT2D eigenvalue weighted by Gasteiger charge is 2.26. The topological polar surface area (TPSA) is 92.7 Å². The van der Waals surface area contributed by atoms with Crippen molar-refractivity contribution in [2.24, 2.45) is 0 Å². The molecule has 0 aliphatic heterocycles. The number of aromatic amines is 1. The van der Waals surface area contributed by atoms with Crippen molar-refractivity contribution in [2.75, 3.05) is 5.32 Å². The van der Waals surface area contributed by atoms with Crippen LogP contribution in [-0.2, 0) is 6.54 Å². The van der Waals surface area contributed by atoms with E-state index in [-0.39, 0.29) is 17.7 Å². The number of alkyl halides is 3. The third-order valence-corrected chi connectivity index (χ3v) is 4.63. The predicted octanol–water partition coefficient (Wildman–Crippen LogP) is 3.99. The van der Waals surface area contributed by atoms with Crippen LogP contribution in [-0.4, -0.2) is 32.1 Å². The molecule has 0 aliphatic carbocycles. The molecule has 2 N–H and O–H groups in total. The number of rotatable bonds is 5. The average Bonchev–Trinajstić information content (AvgIpc) is 3.23. The van der Waals surface area contributed by atoms with Crippen molar-refractivity contribution in [3.05, 3.63) is 76.8 Å². The first-order chi connectivity index (χ1) is 14.8. The van der Waals surface area contributed by atoms with Crippen LogP contribution in [0.25, 0.3) is 22.0 Å². The van der Waals surface area contributed by atoms with Crippen molar-refractivity contribution in [3.63, 3.8) is 0 Å². The maximum absolute atomic E-state index is 12.4. The van der Waals surface area contributed by atoms with Crippen LogP contribution in [0.1, 0.15) is 16.8 Å². The number of benzene rings is 2. The number of fused-ring (bicyclic) bond motifs is 1. The lowest BCUT2D eigenvalue weighted by Gasteiger charge is -2.07. The highest BCUT2D eigenvalue weighted by molar-refractivity contribution is 6.04. The fourth-order valence-corrected chi connectivity index (χ4v) is 3.09. The second-order valence-electron chi connectivity index (χ2n) is 6.84. The number of hydrogen-bond acceptors (Lipinski definition) is 4. The van der Waals surface area contributed by atoms with Gasteiger partial charge in [0.15, 0.2) is 0 Å². The van der Waals surface area contributed by atoms with Gasteiger partial charge in [0.05, 0.1) is 29.3 Å². The molecule has 0 bridgehead atoms. The zero-order valence-corrected chi connectivity index (χ0v) is 16.0. The lowest BCUT2D eigenvalue weighted by molar-refractivity contribution is -0.137. The summed E-state index contributed by atoms with van der Waals surface area (Å²) in [6.07, 6.45) is -2.82. The number of nitrogens with one attached hydrogen (secondary N) is 2. The van der Waals surface area contributed by atoms with Gasteiger partial charge in [0.2, 0.25) is 0 Å². The number of nitrogens with zero attached hydrogens (tertiary/aromatic N) is 3. The largest absolute Gasteiger partial charge is 0.390 e. The van der Waals surface area contributed by atoms with Crippen LogP contribution >= 0.6 is 0 Å². The number of carbonyl (C=O) groups excluding carboxylic acids is 1. The van der Waals surface area contributed by atoms with Crippen LogP contribution in [0.3, 0.4) is 0 Å². The van der Waals surface area contributed by atoms with Gasteiger partial charge in [0.1, 0.15) is 0 Å². The molecule has 0 saturated heterocycles. The Morgan fingerprint density at radius 3 is 2.48 bits per heavy atom. The summed E-state index contributed by atoms with van der Waals surface area (Å²) in [5.41, 5.74) is 1.70. The van der Waals surface area contributed by atoms with Crippen molar-refractivity contribution in [1.82, 2.24) is 20.0 Å². The highest BCUT2D eigenvalue weighted by atomic mass is 19.4. The van der Waals surface area contributed by atoms with Crippen LogP contribution in [0.15, 0.2) is 65.7 Å². The van der Waals surface area contributed by atoms with Gasteiger partial charge < -0.3 is 5.32 Å². The molecule has 0 spiro atoms. The smallest absolute Gasteiger partial charge is 0.322 e. The number of aryl methyl sites for hydroxylation is 1. The SMILES string of the molecule is O=C(Nc1ccc(-c2n[nH]c(=O)c3ccccc23)cc1)c1cnn(CCC(F)(F)F)c1. The van der Waals surface area contributed by atoms with Crippen molar-refractivity contribution in [2.45, 2.75) is 19.1 Å². The first kappa shape index (κ1) is 20.3. The maximum Gasteiger partial charge on any atom is 0.390 e. The summed E-state index contributed by atoms with van der Waals surface area (Å²) >= 11 is 0. The van der Waals surface area contributed by atoms with Crippen LogP contribution in [0, 0.1) is 0 Å². The van der Waals surface area contributed by atoms with Crippen LogP contribution in [0.2, 0.25) is 0 Å². The molecule has 7 nitrogen and oxygen atoms in total. The normalized spacial score (nSPS) is 11.6. The number of aromatic nitrogens is 4. The molecule has 4 aromatic rings. The Bertz CT molecular complexity index is 1290. The van der Waals surface area contributed by atoms with E-state index in [0.29, 0.717) is 22.2 Å². The Balaban J connectivity index is 1.49. The fraction of sp³-hybridized carbons (Fsp3) is 0.143.